The molecule has 128 valence electrons. The zero-order valence-corrected chi connectivity index (χ0v) is 17.3. The van der Waals surface area contributed by atoms with Crippen molar-refractivity contribution < 1.29 is 0 Å². The lowest BCUT2D eigenvalue weighted by Gasteiger charge is -2.07. The van der Waals surface area contributed by atoms with Crippen LogP contribution in [-0.2, 0) is 0 Å². The van der Waals surface area contributed by atoms with E-state index in [2.05, 4.69) is 111 Å². The molecule has 0 saturated carbocycles. The van der Waals surface area contributed by atoms with Crippen LogP contribution >= 0.6 is 34.2 Å². The van der Waals surface area contributed by atoms with Gasteiger partial charge < -0.3 is 0 Å². The van der Waals surface area contributed by atoms with E-state index in [0.717, 1.165) is 0 Å². The molecule has 0 bridgehead atoms. The van der Waals surface area contributed by atoms with E-state index in [-0.39, 0.29) is 0 Å². The second-order valence-corrected chi connectivity index (χ2v) is 8.80. The van der Waals surface area contributed by atoms with Gasteiger partial charge in [0.05, 0.1) is 33.9 Å². The standard InChI is InChI=1S/C24H14INS/c25-26-20-12-6-4-11-17(20)22-23(26)18(15-8-2-1-3-9-15)14-19-16-10-5-7-13-21(16)27-24(19)22/h1-14H. The SMILES string of the molecule is In1c2ccccc2c2c3sc4ccccc4c3cc(-c3ccccc3)c21. The Morgan fingerprint density at radius 3 is 2.26 bits per heavy atom. The quantitative estimate of drug-likeness (QED) is 0.212. The smallest absolute Gasteiger partial charge is 0.0683 e. The zero-order valence-electron chi connectivity index (χ0n) is 14.3. The molecule has 0 fully saturated rings. The van der Waals surface area contributed by atoms with E-state index in [1.807, 2.05) is 11.3 Å². The number of aromatic nitrogens is 1. The summed E-state index contributed by atoms with van der Waals surface area (Å²) < 4.78 is 5.07. The summed E-state index contributed by atoms with van der Waals surface area (Å²) in [6.45, 7) is 0. The van der Waals surface area contributed by atoms with Crippen LogP contribution in [0.5, 0.6) is 0 Å². The maximum Gasteiger partial charge on any atom is 0.0683 e. The Labute approximate surface area is 174 Å². The van der Waals surface area contributed by atoms with Crippen LogP contribution < -0.4 is 0 Å². The van der Waals surface area contributed by atoms with E-state index < -0.39 is 0 Å². The van der Waals surface area contributed by atoms with Crippen molar-refractivity contribution in [1.82, 2.24) is 2.78 Å². The molecule has 3 heteroatoms. The van der Waals surface area contributed by atoms with Gasteiger partial charge in [0.1, 0.15) is 0 Å². The molecular formula is C24H14INS. The van der Waals surface area contributed by atoms with Crippen molar-refractivity contribution in [1.29, 1.82) is 0 Å². The van der Waals surface area contributed by atoms with Crippen LogP contribution in [0.25, 0.3) is 53.1 Å². The van der Waals surface area contributed by atoms with Crippen LogP contribution in [0, 0.1) is 0 Å². The molecule has 0 aliphatic heterocycles. The van der Waals surface area contributed by atoms with Gasteiger partial charge in [0.25, 0.3) is 0 Å². The van der Waals surface area contributed by atoms with Gasteiger partial charge in [0, 0.05) is 36.5 Å². The highest BCUT2D eigenvalue weighted by atomic mass is 127. The van der Waals surface area contributed by atoms with E-state index in [0.29, 0.717) is 0 Å². The van der Waals surface area contributed by atoms with Gasteiger partial charge in [-0.15, -0.1) is 11.3 Å². The first-order valence-electron chi connectivity index (χ1n) is 8.92. The minimum atomic E-state index is 1.26. The Hall–Kier alpha value is -2.37. The molecule has 0 aliphatic rings. The number of benzene rings is 4. The van der Waals surface area contributed by atoms with Crippen LogP contribution in [0.15, 0.2) is 84.9 Å². The van der Waals surface area contributed by atoms with Crippen LogP contribution in [0.1, 0.15) is 0 Å². The summed E-state index contributed by atoms with van der Waals surface area (Å²) in [5, 5.41) is 5.41. The summed E-state index contributed by atoms with van der Waals surface area (Å²) in [6, 6.07) is 30.6. The first kappa shape index (κ1) is 15.7. The van der Waals surface area contributed by atoms with Crippen molar-refractivity contribution in [3.05, 3.63) is 84.9 Å². The molecule has 0 saturated heterocycles. The van der Waals surface area contributed by atoms with Crippen LogP contribution in [-0.4, -0.2) is 2.78 Å². The largest absolute Gasteiger partial charge is 0.281 e. The lowest BCUT2D eigenvalue weighted by Crippen LogP contribution is -1.85. The number of nitrogens with zero attached hydrogens (tertiary/aromatic N) is 1. The van der Waals surface area contributed by atoms with Gasteiger partial charge in [0.15, 0.2) is 0 Å². The second kappa shape index (κ2) is 5.81. The first-order valence-corrected chi connectivity index (χ1v) is 10.7. The molecule has 0 atom stereocenters. The van der Waals surface area contributed by atoms with Crippen molar-refractivity contribution in [2.75, 3.05) is 0 Å². The summed E-state index contributed by atoms with van der Waals surface area (Å²) in [4.78, 5) is 0. The van der Waals surface area contributed by atoms with Crippen molar-refractivity contribution in [3.8, 4) is 11.1 Å². The monoisotopic (exact) mass is 475 g/mol. The molecule has 6 rings (SSSR count). The summed E-state index contributed by atoms with van der Waals surface area (Å²) in [5.74, 6) is 0. The molecule has 0 radical (unpaired) electrons. The first-order chi connectivity index (χ1) is 13.3. The fraction of sp³-hybridized carbons (Fsp3) is 0. The highest BCUT2D eigenvalue weighted by Crippen LogP contribution is 2.46. The fourth-order valence-corrected chi connectivity index (χ4v) is 6.28. The normalized spacial score (nSPS) is 11.9. The molecular weight excluding hydrogens is 461 g/mol. The molecule has 6 aromatic rings. The third-order valence-corrected chi connectivity index (χ3v) is 7.51. The van der Waals surface area contributed by atoms with E-state index in [1.54, 1.807) is 0 Å². The predicted octanol–water partition coefficient (Wildman–Crippen LogP) is 8.03. The molecule has 0 amide bonds. The molecule has 0 aliphatic carbocycles. The minimum Gasteiger partial charge on any atom is -0.281 e. The number of fused-ring (bicyclic) bond motifs is 7. The van der Waals surface area contributed by atoms with Gasteiger partial charge in [-0.3, -0.25) is 2.78 Å². The predicted molar refractivity (Wildman–Crippen MR) is 127 cm³/mol. The fourth-order valence-electron chi connectivity index (χ4n) is 4.12. The highest BCUT2D eigenvalue weighted by molar-refractivity contribution is 14.1. The van der Waals surface area contributed by atoms with E-state index >= 15 is 0 Å². The summed E-state index contributed by atoms with van der Waals surface area (Å²) >= 11 is 4.36. The number of rotatable bonds is 1. The van der Waals surface area contributed by atoms with Gasteiger partial charge in [-0.25, -0.2) is 0 Å². The lowest BCUT2D eigenvalue weighted by molar-refractivity contribution is 1.49. The number of halogens is 1. The van der Waals surface area contributed by atoms with Crippen LogP contribution in [0.2, 0.25) is 0 Å². The number of para-hydroxylation sites is 1. The maximum absolute atomic E-state index is 2.46. The Morgan fingerprint density at radius 1 is 0.704 bits per heavy atom. The topological polar surface area (TPSA) is 4.93 Å². The molecule has 4 aromatic carbocycles. The number of hydrogen-bond acceptors (Lipinski definition) is 1. The van der Waals surface area contributed by atoms with Crippen molar-refractivity contribution in [2.24, 2.45) is 0 Å². The van der Waals surface area contributed by atoms with Crippen LogP contribution in [0.4, 0.5) is 0 Å². The maximum atomic E-state index is 2.46. The third kappa shape index (κ3) is 2.15. The molecule has 2 aromatic heterocycles. The van der Waals surface area contributed by atoms with Gasteiger partial charge >= 0.3 is 0 Å². The molecule has 0 spiro atoms. The van der Waals surface area contributed by atoms with Crippen molar-refractivity contribution >= 4 is 76.2 Å². The van der Waals surface area contributed by atoms with E-state index in [9.17, 15) is 0 Å². The summed E-state index contributed by atoms with van der Waals surface area (Å²) in [7, 11) is 0. The zero-order chi connectivity index (χ0) is 18.0. The average Bonchev–Trinajstić information content (AvgIpc) is 3.24. The Kier molecular flexibility index (Phi) is 3.37. The van der Waals surface area contributed by atoms with Crippen molar-refractivity contribution in [3.63, 3.8) is 0 Å². The highest BCUT2D eigenvalue weighted by Gasteiger charge is 2.19. The number of hydrogen-bond donors (Lipinski definition) is 0. The Bertz CT molecular complexity index is 1470. The molecule has 27 heavy (non-hydrogen) atoms. The Morgan fingerprint density at radius 2 is 1.41 bits per heavy atom. The Balaban J connectivity index is 1.95. The van der Waals surface area contributed by atoms with E-state index in [1.165, 1.54) is 53.1 Å². The molecule has 0 unspecified atom stereocenters. The lowest BCUT2D eigenvalue weighted by atomic mass is 9.99. The average molecular weight is 475 g/mol. The third-order valence-electron chi connectivity index (χ3n) is 5.31. The molecule has 2 heterocycles. The van der Waals surface area contributed by atoms with Crippen molar-refractivity contribution in [2.45, 2.75) is 0 Å². The summed E-state index contributed by atoms with van der Waals surface area (Å²) in [6.07, 6.45) is 0. The summed E-state index contributed by atoms with van der Waals surface area (Å²) in [5.41, 5.74) is 5.14. The second-order valence-electron chi connectivity index (χ2n) is 6.79. The molecule has 1 nitrogen and oxygen atoms in total. The number of thiophene rings is 1. The van der Waals surface area contributed by atoms with Gasteiger partial charge in [-0.05, 0) is 23.8 Å². The van der Waals surface area contributed by atoms with Crippen LogP contribution in [0.3, 0.4) is 0 Å². The van der Waals surface area contributed by atoms with E-state index in [4.69, 9.17) is 0 Å². The van der Waals surface area contributed by atoms with Gasteiger partial charge in [0.2, 0.25) is 0 Å². The van der Waals surface area contributed by atoms with Gasteiger partial charge in [-0.2, -0.15) is 0 Å². The van der Waals surface area contributed by atoms with Gasteiger partial charge in [-0.1, -0.05) is 66.7 Å². The molecule has 0 N–H and O–H groups in total. The minimum absolute atomic E-state index is 1.26.